The molecule has 1 N–H and O–H groups in total. The summed E-state index contributed by atoms with van der Waals surface area (Å²) in [5.74, 6) is 0.358. The smallest absolute Gasteiger partial charge is 0.310 e. The van der Waals surface area contributed by atoms with Gasteiger partial charge in [0.25, 0.3) is 5.56 Å². The van der Waals surface area contributed by atoms with Gasteiger partial charge in [-0.25, -0.2) is 14.1 Å². The van der Waals surface area contributed by atoms with Crippen molar-refractivity contribution in [2.75, 3.05) is 0 Å². The molecule has 28 heavy (non-hydrogen) atoms. The number of aromatic nitrogens is 4. The lowest BCUT2D eigenvalue weighted by molar-refractivity contribution is -0.137. The van der Waals surface area contributed by atoms with E-state index in [0.717, 1.165) is 25.0 Å². The molecule has 0 amide bonds. The molecule has 1 aromatic carbocycles. The Bertz CT molecular complexity index is 1090. The summed E-state index contributed by atoms with van der Waals surface area (Å²) in [4.78, 5) is 19.2. The molecule has 148 valence electrons. The average molecular weight is 394 g/mol. The Kier molecular flexibility index (Phi) is 4.09. The molecule has 4 rings (SSSR count). The first-order chi connectivity index (χ1) is 13.1. The van der Waals surface area contributed by atoms with Gasteiger partial charge in [-0.1, -0.05) is 19.1 Å². The van der Waals surface area contributed by atoms with Gasteiger partial charge in [-0.2, -0.15) is 18.3 Å². The maximum Gasteiger partial charge on any atom is 0.416 e. The highest BCUT2D eigenvalue weighted by Crippen LogP contribution is 2.56. The number of hydrogen-bond acceptors (Lipinski definition) is 3. The zero-order valence-corrected chi connectivity index (χ0v) is 15.3. The van der Waals surface area contributed by atoms with Crippen LogP contribution in [0.2, 0.25) is 0 Å². The molecule has 5 nitrogen and oxygen atoms in total. The summed E-state index contributed by atoms with van der Waals surface area (Å²) in [6, 6.07) is 4.44. The standard InChI is InChI=1S/C19H18F4N4O/c1-10-24-16-14(17(28)25-10)13(9-20)26-27(16)15(18(2)7-8-18)11-3-5-12(6-4-11)19(21,22)23/h3-6,15H,7-9H2,1-2H3,(H,24,25,28). The quantitative estimate of drug-likeness (QED) is 0.671. The Hall–Kier alpha value is -2.71. The molecule has 0 aliphatic heterocycles. The van der Waals surface area contributed by atoms with Crippen LogP contribution in [0.4, 0.5) is 17.6 Å². The van der Waals surface area contributed by atoms with Crippen LogP contribution in [0.5, 0.6) is 0 Å². The van der Waals surface area contributed by atoms with Crippen molar-refractivity contribution in [2.45, 2.75) is 45.6 Å². The molecule has 1 atom stereocenters. The van der Waals surface area contributed by atoms with Gasteiger partial charge < -0.3 is 4.98 Å². The molecule has 1 aliphatic carbocycles. The summed E-state index contributed by atoms with van der Waals surface area (Å²) < 4.78 is 53.8. The second kappa shape index (κ2) is 6.15. The van der Waals surface area contributed by atoms with Gasteiger partial charge in [0.1, 0.15) is 23.6 Å². The van der Waals surface area contributed by atoms with Crippen molar-refractivity contribution in [2.24, 2.45) is 5.41 Å². The highest BCUT2D eigenvalue weighted by molar-refractivity contribution is 5.77. The first-order valence-electron chi connectivity index (χ1n) is 8.85. The number of nitrogens with one attached hydrogen (secondary N) is 1. The van der Waals surface area contributed by atoms with Crippen molar-refractivity contribution in [3.05, 3.63) is 57.3 Å². The number of aryl methyl sites for hydroxylation is 1. The minimum atomic E-state index is -4.43. The first kappa shape index (κ1) is 18.6. The fraction of sp³-hybridized carbons (Fsp3) is 0.421. The Labute approximate surface area is 157 Å². The third kappa shape index (κ3) is 2.98. The number of alkyl halides is 4. The van der Waals surface area contributed by atoms with Crippen molar-refractivity contribution < 1.29 is 17.6 Å². The molecule has 2 heterocycles. The number of benzene rings is 1. The van der Waals surface area contributed by atoms with E-state index >= 15 is 0 Å². The molecule has 0 saturated heterocycles. The summed E-state index contributed by atoms with van der Waals surface area (Å²) in [5, 5.41) is 4.38. The predicted octanol–water partition coefficient (Wildman–Crippen LogP) is 4.31. The zero-order valence-electron chi connectivity index (χ0n) is 15.3. The van der Waals surface area contributed by atoms with Crippen LogP contribution in [0.15, 0.2) is 29.1 Å². The van der Waals surface area contributed by atoms with Gasteiger partial charge in [0.2, 0.25) is 0 Å². The fourth-order valence-electron chi connectivity index (χ4n) is 3.66. The molecular weight excluding hydrogens is 376 g/mol. The highest BCUT2D eigenvalue weighted by atomic mass is 19.4. The van der Waals surface area contributed by atoms with Crippen LogP contribution in [0, 0.1) is 12.3 Å². The maximum absolute atomic E-state index is 13.5. The molecule has 1 aliphatic rings. The minimum absolute atomic E-state index is 0.0232. The third-order valence-corrected chi connectivity index (χ3v) is 5.38. The molecule has 2 aromatic heterocycles. The van der Waals surface area contributed by atoms with Gasteiger partial charge in [-0.3, -0.25) is 4.79 Å². The van der Waals surface area contributed by atoms with E-state index in [9.17, 15) is 22.4 Å². The van der Waals surface area contributed by atoms with E-state index in [0.29, 0.717) is 11.4 Å². The summed E-state index contributed by atoms with van der Waals surface area (Å²) in [5.41, 5.74) is -0.645. The van der Waals surface area contributed by atoms with E-state index < -0.39 is 30.0 Å². The van der Waals surface area contributed by atoms with Crippen LogP contribution < -0.4 is 5.56 Å². The third-order valence-electron chi connectivity index (χ3n) is 5.38. The molecule has 1 fully saturated rings. The van der Waals surface area contributed by atoms with Gasteiger partial charge in [0, 0.05) is 0 Å². The van der Waals surface area contributed by atoms with Crippen LogP contribution in [0.3, 0.4) is 0 Å². The number of fused-ring (bicyclic) bond motifs is 1. The van der Waals surface area contributed by atoms with E-state index in [4.69, 9.17) is 0 Å². The number of aromatic amines is 1. The highest BCUT2D eigenvalue weighted by Gasteiger charge is 2.48. The van der Waals surface area contributed by atoms with Crippen molar-refractivity contribution in [3.63, 3.8) is 0 Å². The van der Waals surface area contributed by atoms with Crippen molar-refractivity contribution in [1.29, 1.82) is 0 Å². The van der Waals surface area contributed by atoms with E-state index in [2.05, 4.69) is 15.1 Å². The number of H-pyrrole nitrogens is 1. The first-order valence-corrected chi connectivity index (χ1v) is 8.85. The van der Waals surface area contributed by atoms with Crippen molar-refractivity contribution >= 4 is 11.0 Å². The van der Waals surface area contributed by atoms with Crippen LogP contribution in [-0.4, -0.2) is 19.7 Å². The van der Waals surface area contributed by atoms with Crippen LogP contribution >= 0.6 is 0 Å². The number of rotatable bonds is 4. The van der Waals surface area contributed by atoms with E-state index in [-0.39, 0.29) is 22.1 Å². The van der Waals surface area contributed by atoms with Crippen LogP contribution in [0.1, 0.15) is 48.5 Å². The largest absolute Gasteiger partial charge is 0.416 e. The lowest BCUT2D eigenvalue weighted by Crippen LogP contribution is -2.22. The van der Waals surface area contributed by atoms with Gasteiger partial charge in [0.15, 0.2) is 5.65 Å². The molecule has 0 bridgehead atoms. The Morgan fingerprint density at radius 2 is 1.89 bits per heavy atom. The molecule has 0 radical (unpaired) electrons. The number of nitrogens with zero attached hydrogens (tertiary/aromatic N) is 3. The summed E-state index contributed by atoms with van der Waals surface area (Å²) in [6.45, 7) is 2.67. The van der Waals surface area contributed by atoms with Crippen molar-refractivity contribution in [3.8, 4) is 0 Å². The molecular formula is C19H18F4N4O. The average Bonchev–Trinajstić information content (AvgIpc) is 3.25. The topological polar surface area (TPSA) is 63.6 Å². The van der Waals surface area contributed by atoms with Gasteiger partial charge in [0.05, 0.1) is 11.6 Å². The van der Waals surface area contributed by atoms with Gasteiger partial charge >= 0.3 is 6.18 Å². The zero-order chi connectivity index (χ0) is 20.3. The summed E-state index contributed by atoms with van der Waals surface area (Å²) in [7, 11) is 0. The SMILES string of the molecule is Cc1nc2c(c(CF)nn2C(c2ccc(C(F)(F)F)cc2)C2(C)CC2)c(=O)[nH]1. The molecule has 1 saturated carbocycles. The van der Waals surface area contributed by atoms with Crippen LogP contribution in [0.25, 0.3) is 11.0 Å². The van der Waals surface area contributed by atoms with Crippen LogP contribution in [-0.2, 0) is 12.9 Å². The fourth-order valence-corrected chi connectivity index (χ4v) is 3.66. The predicted molar refractivity (Wildman–Crippen MR) is 94.6 cm³/mol. The van der Waals surface area contributed by atoms with Crippen molar-refractivity contribution in [1.82, 2.24) is 19.7 Å². The Balaban J connectivity index is 1.92. The lowest BCUT2D eigenvalue weighted by Gasteiger charge is -2.25. The van der Waals surface area contributed by atoms with Gasteiger partial charge in [-0.15, -0.1) is 0 Å². The molecule has 1 unspecified atom stereocenters. The number of halogens is 4. The monoisotopic (exact) mass is 394 g/mol. The number of hydrogen-bond donors (Lipinski definition) is 1. The molecule has 0 spiro atoms. The lowest BCUT2D eigenvalue weighted by atomic mass is 9.91. The Morgan fingerprint density at radius 3 is 2.43 bits per heavy atom. The minimum Gasteiger partial charge on any atom is -0.310 e. The molecule has 3 aromatic rings. The normalized spacial score (nSPS) is 17.1. The molecule has 9 heteroatoms. The summed E-state index contributed by atoms with van der Waals surface area (Å²) in [6.07, 6.45) is -2.75. The second-order valence-corrected chi connectivity index (χ2v) is 7.55. The van der Waals surface area contributed by atoms with E-state index in [1.807, 2.05) is 6.92 Å². The van der Waals surface area contributed by atoms with E-state index in [1.165, 1.54) is 16.8 Å². The summed E-state index contributed by atoms with van der Waals surface area (Å²) >= 11 is 0. The Morgan fingerprint density at radius 1 is 1.25 bits per heavy atom. The van der Waals surface area contributed by atoms with E-state index in [1.54, 1.807) is 6.92 Å². The second-order valence-electron chi connectivity index (χ2n) is 7.55. The van der Waals surface area contributed by atoms with Gasteiger partial charge in [-0.05, 0) is 42.9 Å². The maximum atomic E-state index is 13.5.